The molecule has 0 unspecified atom stereocenters. The molecular formula is C26H34O4Si. The van der Waals surface area contributed by atoms with Crippen molar-refractivity contribution in [2.45, 2.75) is 69.8 Å². The molecule has 2 aromatic rings. The van der Waals surface area contributed by atoms with Crippen LogP contribution in [0, 0.1) is 0 Å². The summed E-state index contributed by atoms with van der Waals surface area (Å²) in [6.07, 6.45) is 1.59. The lowest BCUT2D eigenvalue weighted by atomic mass is 9.84. The first-order valence-corrected chi connectivity index (χ1v) is 13.2. The van der Waals surface area contributed by atoms with E-state index in [-0.39, 0.29) is 23.5 Å². The molecule has 0 aliphatic carbocycles. The van der Waals surface area contributed by atoms with E-state index < -0.39 is 20.0 Å². The zero-order chi connectivity index (χ0) is 22.1. The Morgan fingerprint density at radius 1 is 1.03 bits per heavy atom. The van der Waals surface area contributed by atoms with Gasteiger partial charge in [-0.3, -0.25) is 4.79 Å². The molecule has 2 aromatic carbocycles. The highest BCUT2D eigenvalue weighted by molar-refractivity contribution is 6.99. The van der Waals surface area contributed by atoms with Crippen LogP contribution in [0.2, 0.25) is 5.04 Å². The van der Waals surface area contributed by atoms with Gasteiger partial charge in [0.05, 0.1) is 18.3 Å². The SMILES string of the molecule is CC(C)(C)[Si](OC[C@H]1O[C@@]2(C)CCCO[C@@H]2CC1=O)(c1ccccc1)c1ccccc1. The minimum atomic E-state index is -2.69. The van der Waals surface area contributed by atoms with E-state index in [1.807, 2.05) is 12.1 Å². The van der Waals surface area contributed by atoms with Crippen LogP contribution in [0.4, 0.5) is 0 Å². The summed E-state index contributed by atoms with van der Waals surface area (Å²) in [4.78, 5) is 13.0. The quantitative estimate of drug-likeness (QED) is 0.665. The number of Topliss-reactive ketones (excluding diaryl/α,β-unsaturated/α-hetero) is 1. The first-order valence-electron chi connectivity index (χ1n) is 11.3. The van der Waals surface area contributed by atoms with Gasteiger partial charge in [-0.1, -0.05) is 81.4 Å². The van der Waals surface area contributed by atoms with Crippen LogP contribution in [0.15, 0.2) is 60.7 Å². The number of ketones is 1. The van der Waals surface area contributed by atoms with Gasteiger partial charge in [-0.25, -0.2) is 0 Å². The highest BCUT2D eigenvalue weighted by Crippen LogP contribution is 2.39. The van der Waals surface area contributed by atoms with E-state index >= 15 is 0 Å². The van der Waals surface area contributed by atoms with Gasteiger partial charge < -0.3 is 13.9 Å². The molecule has 0 amide bonds. The second-order valence-corrected chi connectivity index (χ2v) is 14.3. The van der Waals surface area contributed by atoms with Gasteiger partial charge in [0.25, 0.3) is 8.32 Å². The number of rotatable bonds is 5. The number of fused-ring (bicyclic) bond motifs is 1. The molecule has 2 heterocycles. The number of carbonyl (C=O) groups is 1. The van der Waals surface area contributed by atoms with Crippen LogP contribution in [0.5, 0.6) is 0 Å². The minimum Gasteiger partial charge on any atom is -0.404 e. The normalized spacial score (nSPS) is 27.0. The number of ether oxygens (including phenoxy) is 2. The standard InChI is InChI=1S/C26H34O4Si/c1-25(2,3)31(20-12-7-5-8-13-20,21-14-9-6-10-15-21)29-19-23-22(27)18-24-26(4,30-23)16-11-17-28-24/h5-10,12-15,23-24H,11,16-19H2,1-4H3/t23-,24-,26+/m1/s1. The highest BCUT2D eigenvalue weighted by atomic mass is 28.4. The third kappa shape index (κ3) is 4.16. The first-order chi connectivity index (χ1) is 14.8. The average Bonchev–Trinajstić information content (AvgIpc) is 2.75. The van der Waals surface area contributed by atoms with Crippen molar-refractivity contribution in [1.82, 2.24) is 0 Å². The molecule has 0 aromatic heterocycles. The molecule has 166 valence electrons. The second kappa shape index (κ2) is 8.62. The number of hydrogen-bond donors (Lipinski definition) is 0. The van der Waals surface area contributed by atoms with Crippen molar-refractivity contribution in [3.63, 3.8) is 0 Å². The maximum absolute atomic E-state index is 13.0. The van der Waals surface area contributed by atoms with Gasteiger partial charge in [-0.2, -0.15) is 0 Å². The van der Waals surface area contributed by atoms with Crippen molar-refractivity contribution >= 4 is 24.5 Å². The van der Waals surface area contributed by atoms with Crippen molar-refractivity contribution in [1.29, 1.82) is 0 Å². The molecule has 0 saturated carbocycles. The minimum absolute atomic E-state index is 0.0855. The third-order valence-corrected chi connectivity index (χ3v) is 11.8. The largest absolute Gasteiger partial charge is 0.404 e. The summed E-state index contributed by atoms with van der Waals surface area (Å²) < 4.78 is 19.2. The van der Waals surface area contributed by atoms with Crippen molar-refractivity contribution in [2.24, 2.45) is 0 Å². The smallest absolute Gasteiger partial charge is 0.261 e. The Labute approximate surface area is 187 Å². The summed E-state index contributed by atoms with van der Waals surface area (Å²) in [5.41, 5.74) is -0.411. The molecule has 4 nitrogen and oxygen atoms in total. The van der Waals surface area contributed by atoms with Crippen LogP contribution >= 0.6 is 0 Å². The first kappa shape index (κ1) is 22.4. The fourth-order valence-corrected chi connectivity index (χ4v) is 9.75. The zero-order valence-corrected chi connectivity index (χ0v) is 20.1. The van der Waals surface area contributed by atoms with Crippen LogP contribution in [0.3, 0.4) is 0 Å². The lowest BCUT2D eigenvalue weighted by molar-refractivity contribution is -0.219. The number of carbonyl (C=O) groups excluding carboxylic acids is 1. The van der Waals surface area contributed by atoms with Gasteiger partial charge in [0.1, 0.15) is 6.10 Å². The Kier molecular flexibility index (Phi) is 6.23. The van der Waals surface area contributed by atoms with Gasteiger partial charge in [0.2, 0.25) is 0 Å². The van der Waals surface area contributed by atoms with E-state index in [0.717, 1.165) is 12.8 Å². The van der Waals surface area contributed by atoms with E-state index in [1.54, 1.807) is 0 Å². The molecule has 2 saturated heterocycles. The molecule has 2 fully saturated rings. The Hall–Kier alpha value is -1.79. The molecule has 5 heteroatoms. The van der Waals surface area contributed by atoms with Gasteiger partial charge in [-0.05, 0) is 35.2 Å². The molecule has 0 N–H and O–H groups in total. The lowest BCUT2D eigenvalue weighted by Gasteiger charge is -2.48. The summed E-state index contributed by atoms with van der Waals surface area (Å²) in [5.74, 6) is 0.0855. The van der Waals surface area contributed by atoms with Gasteiger partial charge >= 0.3 is 0 Å². The zero-order valence-electron chi connectivity index (χ0n) is 19.1. The number of benzene rings is 2. The second-order valence-electron chi connectivity index (χ2n) is 10.0. The predicted molar refractivity (Wildman–Crippen MR) is 125 cm³/mol. The van der Waals surface area contributed by atoms with E-state index in [0.29, 0.717) is 13.0 Å². The Balaban J connectivity index is 1.68. The summed E-state index contributed by atoms with van der Waals surface area (Å²) in [5, 5.41) is 2.29. The van der Waals surface area contributed by atoms with Crippen LogP contribution in [0.1, 0.15) is 47.0 Å². The van der Waals surface area contributed by atoms with Crippen molar-refractivity contribution in [3.8, 4) is 0 Å². The fraction of sp³-hybridized carbons (Fsp3) is 0.500. The Morgan fingerprint density at radius 2 is 1.61 bits per heavy atom. The van der Waals surface area contributed by atoms with Gasteiger partial charge in [0.15, 0.2) is 5.78 Å². The maximum Gasteiger partial charge on any atom is 0.261 e. The molecule has 0 bridgehead atoms. The Morgan fingerprint density at radius 3 is 2.16 bits per heavy atom. The summed E-state index contributed by atoms with van der Waals surface area (Å²) in [6.45, 7) is 9.80. The monoisotopic (exact) mass is 438 g/mol. The number of hydrogen-bond acceptors (Lipinski definition) is 4. The molecule has 31 heavy (non-hydrogen) atoms. The van der Waals surface area contributed by atoms with Crippen molar-refractivity contribution < 1.29 is 18.7 Å². The molecule has 4 rings (SSSR count). The lowest BCUT2D eigenvalue weighted by Crippen LogP contribution is -2.68. The van der Waals surface area contributed by atoms with E-state index in [4.69, 9.17) is 13.9 Å². The predicted octanol–water partition coefficient (Wildman–Crippen LogP) is 3.86. The highest BCUT2D eigenvalue weighted by Gasteiger charge is 2.52. The van der Waals surface area contributed by atoms with E-state index in [2.05, 4.69) is 76.2 Å². The molecule has 0 radical (unpaired) electrons. The Bertz CT molecular complexity index is 853. The van der Waals surface area contributed by atoms with E-state index in [1.165, 1.54) is 10.4 Å². The van der Waals surface area contributed by atoms with Crippen LogP contribution in [-0.4, -0.2) is 45.1 Å². The van der Waals surface area contributed by atoms with Gasteiger partial charge in [0, 0.05) is 13.0 Å². The topological polar surface area (TPSA) is 44.8 Å². The van der Waals surface area contributed by atoms with Crippen molar-refractivity contribution in [3.05, 3.63) is 60.7 Å². The van der Waals surface area contributed by atoms with Crippen LogP contribution in [-0.2, 0) is 18.7 Å². The maximum atomic E-state index is 13.0. The van der Waals surface area contributed by atoms with Crippen LogP contribution < -0.4 is 10.4 Å². The fourth-order valence-electron chi connectivity index (χ4n) is 5.19. The molecule has 2 aliphatic rings. The van der Waals surface area contributed by atoms with Gasteiger partial charge in [-0.15, -0.1) is 0 Å². The molecule has 3 atom stereocenters. The molecular weight excluding hydrogens is 404 g/mol. The van der Waals surface area contributed by atoms with Crippen molar-refractivity contribution in [2.75, 3.05) is 13.2 Å². The summed E-state index contributed by atoms with van der Waals surface area (Å²) in [6, 6.07) is 21.0. The molecule has 2 aliphatic heterocycles. The average molecular weight is 439 g/mol. The molecule has 0 spiro atoms. The van der Waals surface area contributed by atoms with E-state index in [9.17, 15) is 4.79 Å². The summed E-state index contributed by atoms with van der Waals surface area (Å²) >= 11 is 0. The van der Waals surface area contributed by atoms with Crippen LogP contribution in [0.25, 0.3) is 0 Å². The summed E-state index contributed by atoms with van der Waals surface area (Å²) in [7, 11) is -2.69. The third-order valence-electron chi connectivity index (χ3n) is 6.84.